The predicted molar refractivity (Wildman–Crippen MR) is 88.9 cm³/mol. The summed E-state index contributed by atoms with van der Waals surface area (Å²) in [6, 6.07) is 15.5. The first-order valence-electron chi connectivity index (χ1n) is 6.96. The number of carbonyl (C=O) groups excluding carboxylic acids is 1. The highest BCUT2D eigenvalue weighted by atomic mass is 32.2. The molecule has 116 valence electrons. The molecule has 0 aliphatic heterocycles. The van der Waals surface area contributed by atoms with Gasteiger partial charge in [0.1, 0.15) is 5.75 Å². The normalized spacial score (nSPS) is 11.3. The van der Waals surface area contributed by atoms with Crippen LogP contribution >= 0.6 is 0 Å². The van der Waals surface area contributed by atoms with Crippen LogP contribution in [0.4, 0.5) is 5.69 Å². The molecule has 0 unspecified atom stereocenters. The van der Waals surface area contributed by atoms with E-state index in [-0.39, 0.29) is 4.90 Å². The maximum atomic E-state index is 12.4. The molecule has 0 atom stereocenters. The van der Waals surface area contributed by atoms with Gasteiger partial charge in [-0.15, -0.1) is 0 Å². The highest BCUT2D eigenvalue weighted by Gasteiger charge is 2.19. The molecule has 0 aliphatic carbocycles. The minimum absolute atomic E-state index is 0.140. The Morgan fingerprint density at radius 3 is 2.39 bits per heavy atom. The summed E-state index contributed by atoms with van der Waals surface area (Å²) >= 11 is 0. The molecule has 0 saturated carbocycles. The second-order valence-electron chi connectivity index (χ2n) is 5.05. The Bertz CT molecular complexity index is 954. The smallest absolute Gasteiger partial charge is 0.239 e. The minimum Gasteiger partial charge on any atom is -0.325 e. The zero-order valence-corrected chi connectivity index (χ0v) is 13.0. The van der Waals surface area contributed by atoms with Gasteiger partial charge in [-0.25, -0.2) is 8.42 Å². The summed E-state index contributed by atoms with van der Waals surface area (Å²) < 4.78 is 24.8. The van der Waals surface area contributed by atoms with Crippen LogP contribution in [0.1, 0.15) is 0 Å². The topological polar surface area (TPSA) is 76.1 Å². The molecule has 23 heavy (non-hydrogen) atoms. The molecule has 6 heteroatoms. The first kappa shape index (κ1) is 15.2. The van der Waals surface area contributed by atoms with Crippen molar-refractivity contribution in [2.45, 2.75) is 4.90 Å². The van der Waals surface area contributed by atoms with Gasteiger partial charge in [-0.05, 0) is 35.0 Å². The number of rotatable bonds is 4. The van der Waals surface area contributed by atoms with Crippen molar-refractivity contribution in [2.75, 3.05) is 11.1 Å². The van der Waals surface area contributed by atoms with Crippen molar-refractivity contribution >= 4 is 32.2 Å². The van der Waals surface area contributed by atoms with Gasteiger partial charge in [0.05, 0.1) is 4.90 Å². The van der Waals surface area contributed by atoms with Crippen LogP contribution in [0.5, 0.6) is 0 Å². The van der Waals surface area contributed by atoms with Crippen molar-refractivity contribution in [1.82, 2.24) is 4.98 Å². The minimum atomic E-state index is -3.70. The lowest BCUT2D eigenvalue weighted by Crippen LogP contribution is -2.23. The largest absolute Gasteiger partial charge is 0.325 e. The number of carbonyl (C=O) groups is 1. The molecule has 5 nitrogen and oxygen atoms in total. The molecule has 3 aromatic rings. The van der Waals surface area contributed by atoms with E-state index in [2.05, 4.69) is 10.3 Å². The van der Waals surface area contributed by atoms with Crippen LogP contribution in [0.3, 0.4) is 0 Å². The van der Waals surface area contributed by atoms with Gasteiger partial charge in [-0.1, -0.05) is 30.3 Å². The second-order valence-corrected chi connectivity index (χ2v) is 7.04. The fourth-order valence-electron chi connectivity index (χ4n) is 2.25. The van der Waals surface area contributed by atoms with Crippen LogP contribution in [0.25, 0.3) is 10.8 Å². The zero-order chi connectivity index (χ0) is 16.3. The number of anilines is 1. The number of nitrogens with zero attached hydrogens (tertiary/aromatic N) is 1. The number of sulfone groups is 1. The summed E-state index contributed by atoms with van der Waals surface area (Å²) in [6.45, 7) is 0. The lowest BCUT2D eigenvalue weighted by molar-refractivity contribution is -0.113. The summed E-state index contributed by atoms with van der Waals surface area (Å²) in [5.74, 6) is -1.18. The number of amides is 1. The van der Waals surface area contributed by atoms with E-state index in [1.165, 1.54) is 18.5 Å². The van der Waals surface area contributed by atoms with Gasteiger partial charge in [0.2, 0.25) is 5.91 Å². The van der Waals surface area contributed by atoms with E-state index in [1.54, 1.807) is 24.3 Å². The van der Waals surface area contributed by atoms with Crippen LogP contribution in [-0.2, 0) is 14.6 Å². The third-order valence-electron chi connectivity index (χ3n) is 3.37. The SMILES string of the molecule is O=C(CS(=O)(=O)c1ccc2ccccc2c1)Nc1ccncc1. The molecule has 1 aromatic heterocycles. The van der Waals surface area contributed by atoms with Gasteiger partial charge in [-0.3, -0.25) is 9.78 Å². The summed E-state index contributed by atoms with van der Waals surface area (Å²) in [5, 5.41) is 4.32. The van der Waals surface area contributed by atoms with Gasteiger partial charge in [0.25, 0.3) is 0 Å². The Labute approximate surface area is 133 Å². The fraction of sp³-hybridized carbons (Fsp3) is 0.0588. The van der Waals surface area contributed by atoms with Crippen molar-refractivity contribution < 1.29 is 13.2 Å². The maximum Gasteiger partial charge on any atom is 0.239 e. The molecule has 2 aromatic carbocycles. The van der Waals surface area contributed by atoms with Gasteiger partial charge < -0.3 is 5.32 Å². The van der Waals surface area contributed by atoms with Gasteiger partial charge in [0.15, 0.2) is 9.84 Å². The molecule has 3 rings (SSSR count). The first-order valence-corrected chi connectivity index (χ1v) is 8.61. The van der Waals surface area contributed by atoms with Crippen LogP contribution in [0.15, 0.2) is 71.9 Å². The molecule has 0 spiro atoms. The average Bonchev–Trinajstić information content (AvgIpc) is 2.54. The molecular weight excluding hydrogens is 312 g/mol. The van der Waals surface area contributed by atoms with Gasteiger partial charge in [0, 0.05) is 18.1 Å². The van der Waals surface area contributed by atoms with Crippen molar-refractivity contribution in [1.29, 1.82) is 0 Å². The lowest BCUT2D eigenvalue weighted by atomic mass is 10.1. The summed E-state index contributed by atoms with van der Waals surface area (Å²) in [5.41, 5.74) is 0.513. The molecule has 1 N–H and O–H groups in total. The molecule has 0 bridgehead atoms. The molecule has 0 saturated heterocycles. The van der Waals surface area contributed by atoms with E-state index < -0.39 is 21.5 Å². The summed E-state index contributed by atoms with van der Waals surface area (Å²) in [6.07, 6.45) is 3.04. The van der Waals surface area contributed by atoms with E-state index in [9.17, 15) is 13.2 Å². The number of hydrogen-bond acceptors (Lipinski definition) is 4. The highest BCUT2D eigenvalue weighted by molar-refractivity contribution is 7.92. The Morgan fingerprint density at radius 2 is 1.65 bits per heavy atom. The monoisotopic (exact) mass is 326 g/mol. The van der Waals surface area contributed by atoms with Crippen LogP contribution in [0, 0.1) is 0 Å². The number of benzene rings is 2. The number of nitrogens with one attached hydrogen (secondary N) is 1. The number of fused-ring (bicyclic) bond motifs is 1. The average molecular weight is 326 g/mol. The number of pyridine rings is 1. The Morgan fingerprint density at radius 1 is 0.957 bits per heavy atom. The van der Waals surface area contributed by atoms with E-state index in [0.717, 1.165) is 10.8 Å². The Kier molecular flexibility index (Phi) is 4.08. The van der Waals surface area contributed by atoms with Crippen LogP contribution in [0.2, 0.25) is 0 Å². The molecule has 0 aliphatic rings. The Balaban J connectivity index is 1.81. The van der Waals surface area contributed by atoms with E-state index >= 15 is 0 Å². The number of hydrogen-bond donors (Lipinski definition) is 1. The Hall–Kier alpha value is -2.73. The van der Waals surface area contributed by atoms with Crippen molar-refractivity contribution in [3.8, 4) is 0 Å². The molecular formula is C17H14N2O3S. The lowest BCUT2D eigenvalue weighted by Gasteiger charge is -2.07. The first-order chi connectivity index (χ1) is 11.0. The molecule has 0 radical (unpaired) electrons. The van der Waals surface area contributed by atoms with Crippen molar-refractivity contribution in [3.63, 3.8) is 0 Å². The van der Waals surface area contributed by atoms with E-state index in [1.807, 2.05) is 24.3 Å². The molecule has 0 fully saturated rings. The van der Waals surface area contributed by atoms with Gasteiger partial charge in [-0.2, -0.15) is 0 Å². The summed E-state index contributed by atoms with van der Waals surface area (Å²) in [4.78, 5) is 15.9. The van der Waals surface area contributed by atoms with Crippen molar-refractivity contribution in [2.24, 2.45) is 0 Å². The molecule has 1 amide bonds. The fourth-order valence-corrected chi connectivity index (χ4v) is 3.42. The van der Waals surface area contributed by atoms with Gasteiger partial charge >= 0.3 is 0 Å². The maximum absolute atomic E-state index is 12.4. The summed E-state index contributed by atoms with van der Waals surface area (Å²) in [7, 11) is -3.70. The number of aromatic nitrogens is 1. The third kappa shape index (κ3) is 3.54. The predicted octanol–water partition coefficient (Wildman–Crippen LogP) is 2.65. The second kappa shape index (κ2) is 6.18. The standard InChI is InChI=1S/C17H14N2O3S/c20-17(19-15-7-9-18-10-8-15)12-23(21,22)16-6-5-13-3-1-2-4-14(13)11-16/h1-11H,12H2,(H,18,19,20). The molecule has 1 heterocycles. The van der Waals surface area contributed by atoms with Crippen LogP contribution in [-0.4, -0.2) is 25.1 Å². The van der Waals surface area contributed by atoms with E-state index in [4.69, 9.17) is 0 Å². The zero-order valence-electron chi connectivity index (χ0n) is 12.1. The van der Waals surface area contributed by atoms with Crippen molar-refractivity contribution in [3.05, 3.63) is 67.0 Å². The quantitative estimate of drug-likeness (QED) is 0.799. The highest BCUT2D eigenvalue weighted by Crippen LogP contribution is 2.20. The third-order valence-corrected chi connectivity index (χ3v) is 4.98. The van der Waals surface area contributed by atoms with Crippen LogP contribution < -0.4 is 5.32 Å². The van der Waals surface area contributed by atoms with E-state index in [0.29, 0.717) is 5.69 Å².